The molecule has 0 spiro atoms. The van der Waals surface area contributed by atoms with E-state index < -0.39 is 5.97 Å². The highest BCUT2D eigenvalue weighted by Gasteiger charge is 2.13. The van der Waals surface area contributed by atoms with Crippen molar-refractivity contribution in [2.24, 2.45) is 0 Å². The molecule has 0 saturated heterocycles. The Balaban J connectivity index is 2.45. The van der Waals surface area contributed by atoms with Crippen LogP contribution in [0.3, 0.4) is 0 Å². The average molecular weight is 249 g/mol. The maximum Gasteiger partial charge on any atom is 0.323 e. The first-order chi connectivity index (χ1) is 8.61. The zero-order valence-corrected chi connectivity index (χ0v) is 10.4. The van der Waals surface area contributed by atoms with Crippen LogP contribution in [0.25, 0.3) is 5.78 Å². The first-order valence-electron chi connectivity index (χ1n) is 5.74. The van der Waals surface area contributed by atoms with E-state index >= 15 is 0 Å². The van der Waals surface area contributed by atoms with Gasteiger partial charge in [0.25, 0.3) is 5.78 Å². The minimum absolute atomic E-state index is 0.0927. The molecule has 0 fully saturated rings. The lowest BCUT2D eigenvalue weighted by Gasteiger charge is -2.17. The van der Waals surface area contributed by atoms with Gasteiger partial charge in [0.15, 0.2) is 0 Å². The molecule has 0 saturated carbocycles. The quantitative estimate of drug-likeness (QED) is 0.835. The maximum absolute atomic E-state index is 10.8. The van der Waals surface area contributed by atoms with Gasteiger partial charge in [-0.3, -0.25) is 4.79 Å². The van der Waals surface area contributed by atoms with Gasteiger partial charge in [-0.15, -0.1) is 0 Å². The van der Waals surface area contributed by atoms with Crippen molar-refractivity contribution < 1.29 is 9.90 Å². The molecule has 0 aliphatic heterocycles. The number of carbonyl (C=O) groups is 1. The fraction of sp³-hybridized carbons (Fsp3) is 0.455. The monoisotopic (exact) mass is 249 g/mol. The van der Waals surface area contributed by atoms with Crippen molar-refractivity contribution in [3.63, 3.8) is 0 Å². The first kappa shape index (κ1) is 12.3. The van der Waals surface area contributed by atoms with Crippen molar-refractivity contribution in [1.82, 2.24) is 19.6 Å². The third-order valence-electron chi connectivity index (χ3n) is 2.56. The van der Waals surface area contributed by atoms with E-state index in [1.807, 2.05) is 6.07 Å². The number of nitrogens with zero attached hydrogens (tertiary/aromatic N) is 5. The summed E-state index contributed by atoms with van der Waals surface area (Å²) in [5, 5.41) is 12.9. The molecule has 2 heterocycles. The number of anilines is 1. The number of aromatic nitrogens is 4. The van der Waals surface area contributed by atoms with E-state index in [0.717, 1.165) is 18.5 Å². The van der Waals surface area contributed by atoms with E-state index in [1.165, 1.54) is 6.33 Å². The highest BCUT2D eigenvalue weighted by molar-refractivity contribution is 5.73. The third-order valence-corrected chi connectivity index (χ3v) is 2.56. The number of carboxylic acids is 1. The number of aryl methyl sites for hydroxylation is 1. The van der Waals surface area contributed by atoms with Crippen LogP contribution < -0.4 is 4.90 Å². The van der Waals surface area contributed by atoms with Crippen molar-refractivity contribution in [2.75, 3.05) is 18.5 Å². The first-order valence-corrected chi connectivity index (χ1v) is 5.74. The van der Waals surface area contributed by atoms with Crippen LogP contribution in [-0.4, -0.2) is 44.3 Å². The predicted molar refractivity (Wildman–Crippen MR) is 65.7 cm³/mol. The molecule has 96 valence electrons. The Hall–Kier alpha value is -2.18. The van der Waals surface area contributed by atoms with Gasteiger partial charge in [0.1, 0.15) is 18.7 Å². The summed E-state index contributed by atoms with van der Waals surface area (Å²) in [6.45, 7) is 1.97. The Labute approximate surface area is 104 Å². The summed E-state index contributed by atoms with van der Waals surface area (Å²) >= 11 is 0. The Morgan fingerprint density at radius 2 is 2.33 bits per heavy atom. The van der Waals surface area contributed by atoms with Crippen LogP contribution in [0, 0.1) is 0 Å². The van der Waals surface area contributed by atoms with Gasteiger partial charge in [0.05, 0.1) is 0 Å². The van der Waals surface area contributed by atoms with E-state index in [0.29, 0.717) is 11.6 Å². The second kappa shape index (κ2) is 4.99. The van der Waals surface area contributed by atoms with E-state index in [1.54, 1.807) is 16.5 Å². The molecule has 0 radical (unpaired) electrons. The largest absolute Gasteiger partial charge is 0.480 e. The Kier molecular flexibility index (Phi) is 3.40. The lowest BCUT2D eigenvalue weighted by molar-refractivity contribution is -0.135. The third kappa shape index (κ3) is 2.39. The lowest BCUT2D eigenvalue weighted by atomic mass is 10.2. The molecule has 0 aliphatic carbocycles. The van der Waals surface area contributed by atoms with Crippen molar-refractivity contribution in [2.45, 2.75) is 19.8 Å². The molecule has 2 rings (SSSR count). The Bertz CT molecular complexity index is 566. The highest BCUT2D eigenvalue weighted by atomic mass is 16.4. The maximum atomic E-state index is 10.8. The van der Waals surface area contributed by atoms with Crippen molar-refractivity contribution in [3.8, 4) is 0 Å². The minimum atomic E-state index is -0.889. The van der Waals surface area contributed by atoms with Crippen LogP contribution in [0.4, 0.5) is 5.82 Å². The van der Waals surface area contributed by atoms with Gasteiger partial charge in [-0.2, -0.15) is 14.6 Å². The van der Waals surface area contributed by atoms with Crippen molar-refractivity contribution in [3.05, 3.63) is 18.1 Å². The van der Waals surface area contributed by atoms with Gasteiger partial charge in [0, 0.05) is 18.8 Å². The molecule has 2 aromatic heterocycles. The summed E-state index contributed by atoms with van der Waals surface area (Å²) in [6.07, 6.45) is 3.22. The van der Waals surface area contributed by atoms with Crippen LogP contribution in [0.1, 0.15) is 19.0 Å². The fourth-order valence-electron chi connectivity index (χ4n) is 1.78. The van der Waals surface area contributed by atoms with E-state index in [-0.39, 0.29) is 6.54 Å². The topological polar surface area (TPSA) is 83.6 Å². The summed E-state index contributed by atoms with van der Waals surface area (Å²) < 4.78 is 1.54. The van der Waals surface area contributed by atoms with Crippen LogP contribution in [0.15, 0.2) is 12.4 Å². The SMILES string of the molecule is CCCc1cc(N(C)CC(=O)O)n2ncnc2n1. The van der Waals surface area contributed by atoms with Gasteiger partial charge in [0.2, 0.25) is 0 Å². The van der Waals surface area contributed by atoms with Crippen LogP contribution in [-0.2, 0) is 11.2 Å². The molecule has 1 N–H and O–H groups in total. The number of carboxylic acid groups (broad SMARTS) is 1. The van der Waals surface area contributed by atoms with Crippen LogP contribution in [0.2, 0.25) is 0 Å². The Morgan fingerprint density at radius 3 is 3.00 bits per heavy atom. The normalized spacial score (nSPS) is 10.8. The fourth-order valence-corrected chi connectivity index (χ4v) is 1.78. The predicted octanol–water partition coefficient (Wildman–Crippen LogP) is 0.598. The molecule has 0 aromatic carbocycles. The second-order valence-electron chi connectivity index (χ2n) is 4.08. The minimum Gasteiger partial charge on any atom is -0.480 e. The van der Waals surface area contributed by atoms with Gasteiger partial charge < -0.3 is 10.0 Å². The number of aliphatic carboxylic acids is 1. The zero-order chi connectivity index (χ0) is 13.1. The molecular formula is C11H15N5O2. The lowest BCUT2D eigenvalue weighted by Crippen LogP contribution is -2.27. The van der Waals surface area contributed by atoms with Gasteiger partial charge in [-0.05, 0) is 6.42 Å². The highest BCUT2D eigenvalue weighted by Crippen LogP contribution is 2.15. The number of likely N-dealkylation sites (N-methyl/N-ethyl adjacent to an activating group) is 1. The smallest absolute Gasteiger partial charge is 0.323 e. The summed E-state index contributed by atoms with van der Waals surface area (Å²) in [4.78, 5) is 20.8. The molecule has 7 heteroatoms. The molecule has 0 atom stereocenters. The number of fused-ring (bicyclic) bond motifs is 1. The summed E-state index contributed by atoms with van der Waals surface area (Å²) in [5.74, 6) is 0.288. The van der Waals surface area contributed by atoms with E-state index in [9.17, 15) is 4.79 Å². The number of hydrogen-bond donors (Lipinski definition) is 1. The van der Waals surface area contributed by atoms with Crippen molar-refractivity contribution >= 4 is 17.6 Å². The van der Waals surface area contributed by atoms with Crippen LogP contribution in [0.5, 0.6) is 0 Å². The average Bonchev–Trinajstić information content (AvgIpc) is 2.75. The molecule has 2 aromatic rings. The molecule has 0 aliphatic rings. The summed E-state index contributed by atoms with van der Waals surface area (Å²) in [6, 6.07) is 1.86. The molecule has 0 bridgehead atoms. The number of rotatable bonds is 5. The second-order valence-corrected chi connectivity index (χ2v) is 4.08. The van der Waals surface area contributed by atoms with Gasteiger partial charge in [-0.25, -0.2) is 4.98 Å². The number of hydrogen-bond acceptors (Lipinski definition) is 5. The van der Waals surface area contributed by atoms with E-state index in [4.69, 9.17) is 5.11 Å². The zero-order valence-electron chi connectivity index (χ0n) is 10.4. The van der Waals surface area contributed by atoms with Gasteiger partial charge >= 0.3 is 5.97 Å². The molecule has 0 amide bonds. The van der Waals surface area contributed by atoms with Crippen LogP contribution >= 0.6 is 0 Å². The van der Waals surface area contributed by atoms with Gasteiger partial charge in [-0.1, -0.05) is 13.3 Å². The van der Waals surface area contributed by atoms with E-state index in [2.05, 4.69) is 22.0 Å². The standard InChI is InChI=1S/C11H15N5O2/c1-3-4-8-5-9(15(2)6-10(17)18)16-11(14-8)12-7-13-16/h5,7H,3-4,6H2,1-2H3,(H,17,18). The van der Waals surface area contributed by atoms with Crippen molar-refractivity contribution in [1.29, 1.82) is 0 Å². The Morgan fingerprint density at radius 1 is 1.56 bits per heavy atom. The molecule has 18 heavy (non-hydrogen) atoms. The molecular weight excluding hydrogens is 234 g/mol. The molecule has 7 nitrogen and oxygen atoms in total. The molecule has 0 unspecified atom stereocenters. The summed E-state index contributed by atoms with van der Waals surface area (Å²) in [7, 11) is 1.71. The summed E-state index contributed by atoms with van der Waals surface area (Å²) in [5.41, 5.74) is 0.894.